The molecule has 0 spiro atoms. The van der Waals surface area contributed by atoms with Crippen molar-refractivity contribution in [3.8, 4) is 0 Å². The number of nitrogens with zero attached hydrogens (tertiary/aromatic N) is 3. The molecule has 32 heavy (non-hydrogen) atoms. The van der Waals surface area contributed by atoms with Crippen molar-refractivity contribution < 1.29 is 22.8 Å². The van der Waals surface area contributed by atoms with Crippen LogP contribution in [-0.2, 0) is 15.8 Å². The third kappa shape index (κ3) is 5.74. The maximum Gasteiger partial charge on any atom is 0.421 e. The van der Waals surface area contributed by atoms with E-state index in [1.54, 1.807) is 17.0 Å². The van der Waals surface area contributed by atoms with E-state index in [2.05, 4.69) is 32.5 Å². The molecule has 1 aliphatic heterocycles. The summed E-state index contributed by atoms with van der Waals surface area (Å²) in [6.07, 6.45) is -1.45. The summed E-state index contributed by atoms with van der Waals surface area (Å²) in [5.41, 5.74) is -0.566. The second-order valence-corrected chi connectivity index (χ2v) is 7.27. The molecule has 2 heterocycles. The Kier molecular flexibility index (Phi) is 6.96. The Morgan fingerprint density at radius 3 is 2.62 bits per heavy atom. The van der Waals surface area contributed by atoms with Crippen LogP contribution in [-0.4, -0.2) is 45.8 Å². The van der Waals surface area contributed by atoms with E-state index in [-0.39, 0.29) is 29.3 Å². The summed E-state index contributed by atoms with van der Waals surface area (Å²) in [6.45, 7) is 5.90. The van der Waals surface area contributed by atoms with Crippen LogP contribution in [0.15, 0.2) is 43.1 Å². The van der Waals surface area contributed by atoms with Gasteiger partial charge in [-0.3, -0.25) is 9.59 Å². The summed E-state index contributed by atoms with van der Waals surface area (Å²) in [5, 5.41) is 8.21. The molecule has 8 nitrogen and oxygen atoms in total. The van der Waals surface area contributed by atoms with Gasteiger partial charge >= 0.3 is 6.18 Å². The number of amides is 2. The Hall–Kier alpha value is -3.63. The van der Waals surface area contributed by atoms with Gasteiger partial charge in [0.05, 0.1) is 11.4 Å². The van der Waals surface area contributed by atoms with Crippen molar-refractivity contribution in [2.75, 3.05) is 29.0 Å². The van der Waals surface area contributed by atoms with Crippen LogP contribution in [0, 0.1) is 0 Å². The van der Waals surface area contributed by atoms with E-state index in [1.165, 1.54) is 19.1 Å². The molecule has 0 radical (unpaired) electrons. The van der Waals surface area contributed by atoms with Crippen LogP contribution in [0.25, 0.3) is 0 Å². The summed E-state index contributed by atoms with van der Waals surface area (Å²) < 4.78 is 40.7. The first-order chi connectivity index (χ1) is 15.2. The minimum Gasteiger partial charge on any atom is -0.350 e. The highest BCUT2D eigenvalue weighted by molar-refractivity contribution is 6.01. The first kappa shape index (κ1) is 23.0. The molecule has 0 saturated carbocycles. The van der Waals surface area contributed by atoms with Gasteiger partial charge in [0.25, 0.3) is 0 Å². The molecular weight excluding hydrogens is 425 g/mol. The summed E-state index contributed by atoms with van der Waals surface area (Å²) in [6, 6.07) is 6.11. The van der Waals surface area contributed by atoms with Crippen LogP contribution < -0.4 is 16.0 Å². The first-order valence-electron chi connectivity index (χ1n) is 9.93. The van der Waals surface area contributed by atoms with Crippen LogP contribution in [0.5, 0.6) is 0 Å². The van der Waals surface area contributed by atoms with Crippen LogP contribution in [0.3, 0.4) is 0 Å². The first-order valence-corrected chi connectivity index (χ1v) is 9.93. The molecule has 2 aromatic rings. The molecule has 11 heteroatoms. The van der Waals surface area contributed by atoms with Crippen LogP contribution in [0.2, 0.25) is 0 Å². The van der Waals surface area contributed by atoms with Gasteiger partial charge < -0.3 is 20.9 Å². The summed E-state index contributed by atoms with van der Waals surface area (Å²) >= 11 is 0. The fraction of sp³-hybridized carbons (Fsp3) is 0.333. The smallest absolute Gasteiger partial charge is 0.350 e. The van der Waals surface area contributed by atoms with Gasteiger partial charge in [-0.1, -0.05) is 18.7 Å². The van der Waals surface area contributed by atoms with Crippen molar-refractivity contribution in [2.45, 2.75) is 32.0 Å². The lowest BCUT2D eigenvalue weighted by Gasteiger charge is -2.32. The Balaban J connectivity index is 1.89. The van der Waals surface area contributed by atoms with Crippen molar-refractivity contribution in [1.29, 1.82) is 0 Å². The van der Waals surface area contributed by atoms with Gasteiger partial charge in [-0.25, -0.2) is 4.98 Å². The molecule has 3 N–H and O–H groups in total. The number of benzene rings is 1. The number of carbonyl (C=O) groups is 2. The molecule has 1 unspecified atom stereocenters. The molecule has 0 aliphatic carbocycles. The zero-order valence-corrected chi connectivity index (χ0v) is 17.4. The number of hydrogen-bond acceptors (Lipinski definition) is 6. The highest BCUT2D eigenvalue weighted by atomic mass is 19.4. The number of piperidine rings is 1. The minimum atomic E-state index is -4.70. The van der Waals surface area contributed by atoms with E-state index >= 15 is 0 Å². The van der Waals surface area contributed by atoms with E-state index in [0.717, 1.165) is 18.9 Å². The maximum absolute atomic E-state index is 13.6. The van der Waals surface area contributed by atoms with Crippen molar-refractivity contribution >= 4 is 35.0 Å². The topological polar surface area (TPSA) is 99.2 Å². The number of nitrogens with one attached hydrogen (secondary N) is 3. The lowest BCUT2D eigenvalue weighted by atomic mass is 10.1. The Morgan fingerprint density at radius 2 is 1.97 bits per heavy atom. The molecular formula is C21H23F3N6O2. The lowest BCUT2D eigenvalue weighted by Crippen LogP contribution is -2.44. The highest BCUT2D eigenvalue weighted by Crippen LogP contribution is 2.36. The summed E-state index contributed by atoms with van der Waals surface area (Å²) in [5.74, 6) is -1.03. The number of anilines is 4. The normalized spacial score (nSPS) is 16.2. The number of carbonyl (C=O) groups excluding carboxylic acids is 2. The average Bonchev–Trinajstić information content (AvgIpc) is 2.74. The predicted octanol–water partition coefficient (Wildman–Crippen LogP) is 3.79. The second-order valence-electron chi connectivity index (χ2n) is 7.27. The van der Waals surface area contributed by atoms with Gasteiger partial charge in [0.2, 0.25) is 17.8 Å². The number of para-hydroxylation sites is 2. The number of alkyl halides is 3. The molecule has 1 aromatic carbocycles. The second kappa shape index (κ2) is 9.67. The van der Waals surface area contributed by atoms with Gasteiger partial charge in [0, 0.05) is 32.3 Å². The lowest BCUT2D eigenvalue weighted by molar-refractivity contribution is -0.137. The van der Waals surface area contributed by atoms with Crippen molar-refractivity contribution in [3.63, 3.8) is 0 Å². The fourth-order valence-corrected chi connectivity index (χ4v) is 3.33. The molecule has 170 valence electrons. The number of halogens is 3. The molecule has 0 bridgehead atoms. The zero-order valence-electron chi connectivity index (χ0n) is 17.4. The SMILES string of the molecule is C=CC(=O)Nc1ccccc1Nc1nc(NC2CCCN(C(C)=O)C2)ncc1C(F)(F)F. The average molecular weight is 448 g/mol. The molecule has 1 saturated heterocycles. The van der Waals surface area contributed by atoms with Gasteiger partial charge in [-0.2, -0.15) is 18.2 Å². The summed E-state index contributed by atoms with van der Waals surface area (Å²) in [4.78, 5) is 32.8. The Labute approximate surface area is 182 Å². The molecule has 3 rings (SSSR count). The maximum atomic E-state index is 13.6. The largest absolute Gasteiger partial charge is 0.421 e. The third-order valence-corrected chi connectivity index (χ3v) is 4.92. The highest BCUT2D eigenvalue weighted by Gasteiger charge is 2.36. The monoisotopic (exact) mass is 448 g/mol. The van der Waals surface area contributed by atoms with Crippen molar-refractivity contribution in [3.05, 3.63) is 48.7 Å². The zero-order chi connectivity index (χ0) is 23.3. The standard InChI is InChI=1S/C21H23F3N6O2/c1-3-18(32)27-16-8-4-5-9-17(16)28-19-15(21(22,23)24)11-25-20(29-19)26-14-7-6-10-30(12-14)13(2)31/h3-5,8-9,11,14H,1,6-7,10,12H2,2H3,(H,27,32)(H2,25,26,28,29). The van der Waals surface area contributed by atoms with Crippen molar-refractivity contribution in [1.82, 2.24) is 14.9 Å². The summed E-state index contributed by atoms with van der Waals surface area (Å²) in [7, 11) is 0. The van der Waals surface area contributed by atoms with E-state index < -0.39 is 23.5 Å². The van der Waals surface area contributed by atoms with E-state index in [1.807, 2.05) is 0 Å². The molecule has 1 aliphatic rings. The molecule has 2 amide bonds. The van der Waals surface area contributed by atoms with Crippen molar-refractivity contribution in [2.24, 2.45) is 0 Å². The minimum absolute atomic E-state index is 0.00325. The molecule has 1 atom stereocenters. The molecule has 1 aromatic heterocycles. The predicted molar refractivity (Wildman–Crippen MR) is 114 cm³/mol. The quantitative estimate of drug-likeness (QED) is 0.582. The Morgan fingerprint density at radius 1 is 1.25 bits per heavy atom. The van der Waals surface area contributed by atoms with Gasteiger partial charge in [0.15, 0.2) is 0 Å². The van der Waals surface area contributed by atoms with Gasteiger partial charge in [-0.05, 0) is 31.1 Å². The molecule has 1 fully saturated rings. The number of likely N-dealkylation sites (tertiary alicyclic amines) is 1. The third-order valence-electron chi connectivity index (χ3n) is 4.92. The van der Waals surface area contributed by atoms with E-state index in [0.29, 0.717) is 19.3 Å². The number of hydrogen-bond donors (Lipinski definition) is 3. The van der Waals surface area contributed by atoms with Gasteiger partial charge in [0.1, 0.15) is 11.4 Å². The van der Waals surface area contributed by atoms with Crippen LogP contribution in [0.1, 0.15) is 25.3 Å². The van der Waals surface area contributed by atoms with Crippen LogP contribution >= 0.6 is 0 Å². The fourth-order valence-electron chi connectivity index (χ4n) is 3.33. The van der Waals surface area contributed by atoms with Crippen LogP contribution in [0.4, 0.5) is 36.3 Å². The number of aromatic nitrogens is 2. The number of rotatable bonds is 6. The van der Waals surface area contributed by atoms with E-state index in [4.69, 9.17) is 0 Å². The van der Waals surface area contributed by atoms with E-state index in [9.17, 15) is 22.8 Å². The Bertz CT molecular complexity index is 1010. The van der Waals surface area contributed by atoms with Gasteiger partial charge in [-0.15, -0.1) is 0 Å².